The SMILES string of the molecule is CS(=O)(=O)Nc1ccc(-c2cccc(S(=O)(=O)n3ccc(/C=C/C(=O)Nc4ccccc4N)c3)c2)cc1. The molecule has 0 saturated heterocycles. The Bertz CT molecular complexity index is 1690. The zero-order valence-electron chi connectivity index (χ0n) is 19.7. The van der Waals surface area contributed by atoms with Crippen LogP contribution in [0.2, 0.25) is 0 Å². The van der Waals surface area contributed by atoms with E-state index in [0.717, 1.165) is 15.8 Å². The average molecular weight is 537 g/mol. The molecule has 0 aliphatic carbocycles. The van der Waals surface area contributed by atoms with E-state index in [4.69, 9.17) is 5.73 Å². The Morgan fingerprint density at radius 3 is 2.32 bits per heavy atom. The van der Waals surface area contributed by atoms with Gasteiger partial charge in [0.25, 0.3) is 10.0 Å². The number of nitrogens with two attached hydrogens (primary N) is 1. The van der Waals surface area contributed by atoms with E-state index in [1.54, 1.807) is 72.8 Å². The molecule has 0 atom stereocenters. The summed E-state index contributed by atoms with van der Waals surface area (Å²) in [5.41, 5.74) is 9.04. The summed E-state index contributed by atoms with van der Waals surface area (Å²) in [6, 6.07) is 21.5. The number of benzene rings is 3. The van der Waals surface area contributed by atoms with Gasteiger partial charge in [0.1, 0.15) is 0 Å². The number of hydrogen-bond acceptors (Lipinski definition) is 6. The molecule has 0 bridgehead atoms. The van der Waals surface area contributed by atoms with Crippen molar-refractivity contribution in [2.45, 2.75) is 4.90 Å². The van der Waals surface area contributed by atoms with Crippen molar-refractivity contribution in [2.75, 3.05) is 22.0 Å². The molecule has 190 valence electrons. The minimum atomic E-state index is -3.90. The molecular weight excluding hydrogens is 512 g/mol. The fraction of sp³-hybridized carbons (Fsp3) is 0.0385. The maximum atomic E-state index is 13.2. The van der Waals surface area contributed by atoms with Crippen LogP contribution in [0, 0.1) is 0 Å². The first-order valence-corrected chi connectivity index (χ1v) is 14.3. The summed E-state index contributed by atoms with van der Waals surface area (Å²) in [5, 5.41) is 2.67. The molecule has 0 unspecified atom stereocenters. The lowest BCUT2D eigenvalue weighted by molar-refractivity contribution is -0.111. The molecule has 4 rings (SSSR count). The van der Waals surface area contributed by atoms with Gasteiger partial charge in [0.15, 0.2) is 0 Å². The Morgan fingerprint density at radius 2 is 1.62 bits per heavy atom. The number of sulfonamides is 1. The summed E-state index contributed by atoms with van der Waals surface area (Å²) in [6.45, 7) is 0. The number of nitrogens with zero attached hydrogens (tertiary/aromatic N) is 1. The molecule has 0 aliphatic rings. The zero-order valence-corrected chi connectivity index (χ0v) is 21.3. The average Bonchev–Trinajstić information content (AvgIpc) is 3.34. The van der Waals surface area contributed by atoms with Gasteiger partial charge >= 0.3 is 0 Å². The number of aromatic nitrogens is 1. The molecule has 1 amide bonds. The van der Waals surface area contributed by atoms with E-state index in [9.17, 15) is 21.6 Å². The highest BCUT2D eigenvalue weighted by molar-refractivity contribution is 7.92. The van der Waals surface area contributed by atoms with Crippen molar-refractivity contribution >= 4 is 49.1 Å². The second-order valence-corrected chi connectivity index (χ2v) is 11.8. The van der Waals surface area contributed by atoms with Crippen LogP contribution in [0.4, 0.5) is 17.1 Å². The second-order valence-electron chi connectivity index (χ2n) is 8.17. The molecule has 4 N–H and O–H groups in total. The maximum absolute atomic E-state index is 13.2. The molecule has 1 aromatic heterocycles. The first kappa shape index (κ1) is 25.7. The molecule has 0 fully saturated rings. The number of amides is 1. The fourth-order valence-corrected chi connectivity index (χ4v) is 5.32. The van der Waals surface area contributed by atoms with E-state index in [2.05, 4.69) is 10.0 Å². The minimum Gasteiger partial charge on any atom is -0.397 e. The third-order valence-corrected chi connectivity index (χ3v) is 7.51. The molecule has 0 radical (unpaired) electrons. The fourth-order valence-electron chi connectivity index (χ4n) is 3.50. The highest BCUT2D eigenvalue weighted by Crippen LogP contribution is 2.26. The molecule has 0 saturated carbocycles. The smallest absolute Gasteiger partial charge is 0.267 e. The summed E-state index contributed by atoms with van der Waals surface area (Å²) in [5.74, 6) is -0.404. The number of para-hydroxylation sites is 2. The van der Waals surface area contributed by atoms with Crippen LogP contribution < -0.4 is 15.8 Å². The van der Waals surface area contributed by atoms with Crippen LogP contribution in [-0.2, 0) is 24.8 Å². The van der Waals surface area contributed by atoms with Crippen LogP contribution in [-0.4, -0.2) is 33.0 Å². The summed E-state index contributed by atoms with van der Waals surface area (Å²) < 4.78 is 52.7. The lowest BCUT2D eigenvalue weighted by Crippen LogP contribution is -2.11. The van der Waals surface area contributed by atoms with E-state index >= 15 is 0 Å². The second kappa shape index (κ2) is 10.3. The van der Waals surface area contributed by atoms with E-state index < -0.39 is 26.0 Å². The molecule has 4 aromatic rings. The van der Waals surface area contributed by atoms with Gasteiger partial charge in [0, 0.05) is 24.2 Å². The predicted molar refractivity (Wildman–Crippen MR) is 146 cm³/mol. The number of carbonyl (C=O) groups is 1. The normalized spacial score (nSPS) is 11.9. The number of nitrogen functional groups attached to an aromatic ring is 1. The molecule has 37 heavy (non-hydrogen) atoms. The third-order valence-electron chi connectivity index (χ3n) is 5.27. The van der Waals surface area contributed by atoms with Gasteiger partial charge < -0.3 is 11.1 Å². The quantitative estimate of drug-likeness (QED) is 0.230. The van der Waals surface area contributed by atoms with Crippen LogP contribution in [0.3, 0.4) is 0 Å². The standard InChI is InChI=1S/C26H24N4O5S2/c1-36(32,33)29-22-12-10-20(11-13-22)21-5-4-6-23(17-21)37(34,35)30-16-15-19(18-30)9-14-26(31)28-25-8-3-2-7-24(25)27/h2-18,29H,27H2,1H3,(H,28,31)/b14-9+. The molecule has 0 aliphatic heterocycles. The van der Waals surface area contributed by atoms with Gasteiger partial charge in [-0.3, -0.25) is 9.52 Å². The largest absolute Gasteiger partial charge is 0.397 e. The van der Waals surface area contributed by atoms with Crippen LogP contribution >= 0.6 is 0 Å². The Morgan fingerprint density at radius 1 is 0.892 bits per heavy atom. The summed E-state index contributed by atoms with van der Waals surface area (Å²) in [4.78, 5) is 12.3. The number of anilines is 3. The van der Waals surface area contributed by atoms with E-state index in [1.807, 2.05) is 0 Å². The summed E-state index contributed by atoms with van der Waals surface area (Å²) in [7, 11) is -7.30. The highest BCUT2D eigenvalue weighted by atomic mass is 32.2. The van der Waals surface area contributed by atoms with E-state index in [1.165, 1.54) is 30.6 Å². The molecule has 0 spiro atoms. The van der Waals surface area contributed by atoms with Crippen molar-refractivity contribution < 1.29 is 21.6 Å². The molecular formula is C26H24N4O5S2. The molecule has 3 aromatic carbocycles. The van der Waals surface area contributed by atoms with Crippen LogP contribution in [0.1, 0.15) is 5.56 Å². The van der Waals surface area contributed by atoms with Crippen molar-refractivity contribution in [3.8, 4) is 11.1 Å². The Hall–Kier alpha value is -4.35. The van der Waals surface area contributed by atoms with Gasteiger partial charge in [0.05, 0.1) is 22.5 Å². The first-order chi connectivity index (χ1) is 17.5. The van der Waals surface area contributed by atoms with E-state index in [0.29, 0.717) is 28.2 Å². The minimum absolute atomic E-state index is 0.0757. The van der Waals surface area contributed by atoms with Crippen molar-refractivity contribution in [3.63, 3.8) is 0 Å². The third kappa shape index (κ3) is 6.46. The molecule has 9 nitrogen and oxygen atoms in total. The van der Waals surface area contributed by atoms with Crippen LogP contribution in [0.15, 0.2) is 102 Å². The number of rotatable bonds is 8. The number of carbonyl (C=O) groups excluding carboxylic acids is 1. The van der Waals surface area contributed by atoms with Crippen LogP contribution in [0.5, 0.6) is 0 Å². The van der Waals surface area contributed by atoms with Gasteiger partial charge in [-0.05, 0) is 65.2 Å². The van der Waals surface area contributed by atoms with Crippen molar-refractivity contribution in [3.05, 3.63) is 103 Å². The van der Waals surface area contributed by atoms with Gasteiger partial charge in [0.2, 0.25) is 15.9 Å². The lowest BCUT2D eigenvalue weighted by Gasteiger charge is -2.09. The zero-order chi connectivity index (χ0) is 26.6. The van der Waals surface area contributed by atoms with Gasteiger partial charge in [-0.2, -0.15) is 0 Å². The number of nitrogens with one attached hydrogen (secondary N) is 2. The lowest BCUT2D eigenvalue weighted by atomic mass is 10.1. The van der Waals surface area contributed by atoms with Crippen molar-refractivity contribution in [1.29, 1.82) is 0 Å². The molecule has 1 heterocycles. The summed E-state index contributed by atoms with van der Waals surface area (Å²) >= 11 is 0. The predicted octanol–water partition coefficient (Wildman–Crippen LogP) is 4.00. The number of hydrogen-bond donors (Lipinski definition) is 3. The van der Waals surface area contributed by atoms with E-state index in [-0.39, 0.29) is 4.90 Å². The Kier molecular flexibility index (Phi) is 7.18. The Balaban J connectivity index is 1.50. The first-order valence-electron chi connectivity index (χ1n) is 11.0. The van der Waals surface area contributed by atoms with Crippen LogP contribution in [0.25, 0.3) is 17.2 Å². The van der Waals surface area contributed by atoms with Gasteiger partial charge in [-0.25, -0.2) is 20.8 Å². The highest BCUT2D eigenvalue weighted by Gasteiger charge is 2.17. The van der Waals surface area contributed by atoms with Gasteiger partial charge in [-0.15, -0.1) is 0 Å². The van der Waals surface area contributed by atoms with Gasteiger partial charge in [-0.1, -0.05) is 36.4 Å². The van der Waals surface area contributed by atoms with Crippen molar-refractivity contribution in [1.82, 2.24) is 3.97 Å². The summed E-state index contributed by atoms with van der Waals surface area (Å²) in [6.07, 6.45) is 6.67. The van der Waals surface area contributed by atoms with Crippen molar-refractivity contribution in [2.24, 2.45) is 0 Å². The monoisotopic (exact) mass is 536 g/mol. The Labute approximate surface area is 215 Å². The molecule has 11 heteroatoms. The maximum Gasteiger partial charge on any atom is 0.267 e. The topological polar surface area (TPSA) is 140 Å².